The van der Waals surface area contributed by atoms with Gasteiger partial charge in [0.05, 0.1) is 19.7 Å². The number of nitrogens with one attached hydrogen (secondary N) is 1. The van der Waals surface area contributed by atoms with Crippen LogP contribution in [0.2, 0.25) is 0 Å². The summed E-state index contributed by atoms with van der Waals surface area (Å²) >= 11 is 0. The van der Waals surface area contributed by atoms with Crippen LogP contribution in [0.25, 0.3) is 0 Å². The molecular weight excluding hydrogens is 366 g/mol. The molecule has 0 aliphatic rings. The number of halogens is 2. The van der Waals surface area contributed by atoms with Crippen molar-refractivity contribution < 1.29 is 23.0 Å². The summed E-state index contributed by atoms with van der Waals surface area (Å²) in [6, 6.07) is 11.0. The highest BCUT2D eigenvalue weighted by Gasteiger charge is 2.15. The second-order valence-electron chi connectivity index (χ2n) is 6.11. The quantitative estimate of drug-likeness (QED) is 0.596. The summed E-state index contributed by atoms with van der Waals surface area (Å²) in [6.07, 6.45) is 0. The van der Waals surface area contributed by atoms with Crippen molar-refractivity contribution in [2.45, 2.75) is 20.4 Å². The van der Waals surface area contributed by atoms with Crippen LogP contribution in [0, 0.1) is 11.6 Å². The molecule has 0 radical (unpaired) electrons. The number of amides is 1. The van der Waals surface area contributed by atoms with Crippen LogP contribution in [-0.4, -0.2) is 43.7 Å². The number of carbonyl (C=O) groups is 1. The van der Waals surface area contributed by atoms with Gasteiger partial charge in [-0.25, -0.2) is 8.78 Å². The van der Waals surface area contributed by atoms with E-state index in [2.05, 4.69) is 5.32 Å². The number of benzene rings is 2. The van der Waals surface area contributed by atoms with Crippen molar-refractivity contribution in [2.24, 2.45) is 0 Å². The molecule has 0 aromatic heterocycles. The number of hydrogen-bond acceptors (Lipinski definition) is 4. The van der Waals surface area contributed by atoms with Crippen LogP contribution < -0.4 is 14.8 Å². The lowest BCUT2D eigenvalue weighted by Gasteiger charge is -2.20. The van der Waals surface area contributed by atoms with Crippen LogP contribution in [0.3, 0.4) is 0 Å². The van der Waals surface area contributed by atoms with Gasteiger partial charge >= 0.3 is 0 Å². The minimum atomic E-state index is -0.609. The van der Waals surface area contributed by atoms with E-state index in [0.717, 1.165) is 5.75 Å². The van der Waals surface area contributed by atoms with Crippen LogP contribution in [0.15, 0.2) is 42.5 Å². The van der Waals surface area contributed by atoms with Crippen molar-refractivity contribution in [1.29, 1.82) is 0 Å². The normalized spacial score (nSPS) is 10.8. The molecule has 0 saturated heterocycles. The van der Waals surface area contributed by atoms with Crippen LogP contribution >= 0.6 is 0 Å². The standard InChI is InChI=1S/C21H26F2N2O3/c1-3-25(14-18-19(22)6-5-7-20(18)23)15-21(26)24-12-13-28-17-10-8-16(9-11-17)27-4-2/h5-11H,3-4,12-15H2,1-2H3,(H,24,26). The highest BCUT2D eigenvalue weighted by Crippen LogP contribution is 2.17. The van der Waals surface area contributed by atoms with Gasteiger partial charge in [-0.3, -0.25) is 9.69 Å². The monoisotopic (exact) mass is 392 g/mol. The second kappa shape index (κ2) is 11.2. The van der Waals surface area contributed by atoms with Crippen LogP contribution in [0.1, 0.15) is 19.4 Å². The summed E-state index contributed by atoms with van der Waals surface area (Å²) in [5.74, 6) is 0.0103. The first-order valence-electron chi connectivity index (χ1n) is 9.31. The molecule has 2 rings (SSSR count). The number of rotatable bonds is 11. The minimum absolute atomic E-state index is 0.0315. The van der Waals surface area contributed by atoms with Crippen molar-refractivity contribution in [2.75, 3.05) is 32.8 Å². The van der Waals surface area contributed by atoms with Gasteiger partial charge in [-0.1, -0.05) is 13.0 Å². The predicted molar refractivity (Wildman–Crippen MR) is 103 cm³/mol. The lowest BCUT2D eigenvalue weighted by atomic mass is 10.2. The highest BCUT2D eigenvalue weighted by atomic mass is 19.1. The summed E-state index contributed by atoms with van der Waals surface area (Å²) in [6.45, 7) is 5.57. The SMILES string of the molecule is CCOc1ccc(OCCNC(=O)CN(CC)Cc2c(F)cccc2F)cc1. The van der Waals surface area contributed by atoms with Gasteiger partial charge in [0.25, 0.3) is 0 Å². The molecule has 0 unspecified atom stereocenters. The molecule has 152 valence electrons. The van der Waals surface area contributed by atoms with E-state index in [4.69, 9.17) is 9.47 Å². The van der Waals surface area contributed by atoms with Crippen LogP contribution in [0.4, 0.5) is 8.78 Å². The summed E-state index contributed by atoms with van der Waals surface area (Å²) < 4.78 is 38.5. The molecule has 0 bridgehead atoms. The first kappa shape index (κ1) is 21.6. The van der Waals surface area contributed by atoms with E-state index in [-0.39, 0.29) is 24.6 Å². The fourth-order valence-electron chi connectivity index (χ4n) is 2.60. The fraction of sp³-hybridized carbons (Fsp3) is 0.381. The number of likely N-dealkylation sites (N-methyl/N-ethyl adjacent to an activating group) is 1. The predicted octanol–water partition coefficient (Wildman–Crippen LogP) is 3.38. The van der Waals surface area contributed by atoms with Gasteiger partial charge in [-0.05, 0) is 49.9 Å². The van der Waals surface area contributed by atoms with Crippen molar-refractivity contribution in [3.8, 4) is 11.5 Å². The van der Waals surface area contributed by atoms with Crippen molar-refractivity contribution in [3.63, 3.8) is 0 Å². The zero-order valence-electron chi connectivity index (χ0n) is 16.2. The van der Waals surface area contributed by atoms with E-state index >= 15 is 0 Å². The molecule has 0 spiro atoms. The van der Waals surface area contributed by atoms with Gasteiger partial charge in [-0.2, -0.15) is 0 Å². The maximum absolute atomic E-state index is 13.8. The van der Waals surface area contributed by atoms with Gasteiger partial charge in [0.2, 0.25) is 5.91 Å². The Hall–Kier alpha value is -2.67. The van der Waals surface area contributed by atoms with E-state index in [1.807, 2.05) is 26.0 Å². The molecule has 7 heteroatoms. The molecule has 0 heterocycles. The van der Waals surface area contributed by atoms with Crippen LogP contribution in [0.5, 0.6) is 11.5 Å². The Morgan fingerprint density at radius 2 is 1.61 bits per heavy atom. The summed E-state index contributed by atoms with van der Waals surface area (Å²) in [5, 5.41) is 2.75. The fourth-order valence-corrected chi connectivity index (χ4v) is 2.60. The maximum Gasteiger partial charge on any atom is 0.234 e. The molecule has 0 fully saturated rings. The zero-order chi connectivity index (χ0) is 20.4. The lowest BCUT2D eigenvalue weighted by Crippen LogP contribution is -2.38. The van der Waals surface area contributed by atoms with Crippen molar-refractivity contribution >= 4 is 5.91 Å². The summed E-state index contributed by atoms with van der Waals surface area (Å²) in [7, 11) is 0. The van der Waals surface area contributed by atoms with Gasteiger partial charge in [0.15, 0.2) is 0 Å². The maximum atomic E-state index is 13.8. The molecule has 1 N–H and O–H groups in total. The smallest absolute Gasteiger partial charge is 0.234 e. The molecule has 5 nitrogen and oxygen atoms in total. The third kappa shape index (κ3) is 6.81. The van der Waals surface area contributed by atoms with Gasteiger partial charge < -0.3 is 14.8 Å². The molecule has 2 aromatic carbocycles. The number of hydrogen-bond donors (Lipinski definition) is 1. The van der Waals surface area contributed by atoms with Gasteiger partial charge in [0, 0.05) is 12.1 Å². The Morgan fingerprint density at radius 1 is 1.00 bits per heavy atom. The van der Waals surface area contributed by atoms with Gasteiger partial charge in [-0.15, -0.1) is 0 Å². The molecule has 2 aromatic rings. The topological polar surface area (TPSA) is 50.8 Å². The Kier molecular flexibility index (Phi) is 8.68. The molecule has 1 amide bonds. The first-order valence-corrected chi connectivity index (χ1v) is 9.31. The molecular formula is C21H26F2N2O3. The third-order valence-electron chi connectivity index (χ3n) is 4.09. The molecule has 28 heavy (non-hydrogen) atoms. The zero-order valence-corrected chi connectivity index (χ0v) is 16.2. The van der Waals surface area contributed by atoms with E-state index in [1.54, 1.807) is 17.0 Å². The molecule has 0 saturated carbocycles. The number of carbonyl (C=O) groups excluding carboxylic acids is 1. The van der Waals surface area contributed by atoms with E-state index < -0.39 is 11.6 Å². The van der Waals surface area contributed by atoms with E-state index in [0.29, 0.717) is 32.1 Å². The van der Waals surface area contributed by atoms with Crippen molar-refractivity contribution in [1.82, 2.24) is 10.2 Å². The van der Waals surface area contributed by atoms with Crippen molar-refractivity contribution in [3.05, 3.63) is 59.7 Å². The average Bonchev–Trinajstić information content (AvgIpc) is 2.68. The highest BCUT2D eigenvalue weighted by molar-refractivity contribution is 5.78. The largest absolute Gasteiger partial charge is 0.494 e. The van der Waals surface area contributed by atoms with Gasteiger partial charge in [0.1, 0.15) is 29.7 Å². The summed E-state index contributed by atoms with van der Waals surface area (Å²) in [5.41, 5.74) is -0.0315. The minimum Gasteiger partial charge on any atom is -0.494 e. The average molecular weight is 392 g/mol. The Morgan fingerprint density at radius 3 is 2.18 bits per heavy atom. The molecule has 0 atom stereocenters. The third-order valence-corrected chi connectivity index (χ3v) is 4.09. The van der Waals surface area contributed by atoms with E-state index in [1.165, 1.54) is 18.2 Å². The molecule has 0 aliphatic heterocycles. The van der Waals surface area contributed by atoms with E-state index in [9.17, 15) is 13.6 Å². The lowest BCUT2D eigenvalue weighted by molar-refractivity contribution is -0.122. The Bertz CT molecular complexity index is 734. The second-order valence-corrected chi connectivity index (χ2v) is 6.11. The molecule has 0 aliphatic carbocycles. The van der Waals surface area contributed by atoms with Crippen LogP contribution in [-0.2, 0) is 11.3 Å². The Labute approximate surface area is 164 Å². The number of nitrogens with zero attached hydrogens (tertiary/aromatic N) is 1. The first-order chi connectivity index (χ1) is 13.5. The Balaban J connectivity index is 1.73. The number of ether oxygens (including phenoxy) is 2. The summed E-state index contributed by atoms with van der Waals surface area (Å²) in [4.78, 5) is 13.8.